The number of hydrogen-bond donors (Lipinski definition) is 1. The predicted octanol–water partition coefficient (Wildman–Crippen LogP) is 3.43. The van der Waals surface area contributed by atoms with E-state index in [0.29, 0.717) is 22.9 Å². The van der Waals surface area contributed by atoms with Gasteiger partial charge in [-0.05, 0) is 35.4 Å². The minimum absolute atomic E-state index is 0.211. The van der Waals surface area contributed by atoms with Crippen LogP contribution in [0.2, 0.25) is 5.02 Å². The van der Waals surface area contributed by atoms with Crippen LogP contribution in [0.25, 0.3) is 0 Å². The van der Waals surface area contributed by atoms with E-state index in [9.17, 15) is 9.50 Å². The van der Waals surface area contributed by atoms with Crippen LogP contribution in [0.4, 0.5) is 4.39 Å². The maximum atomic E-state index is 13.5. The average molecular weight is 243 g/mol. The summed E-state index contributed by atoms with van der Waals surface area (Å²) in [6, 6.07) is 4.60. The Morgan fingerprint density at radius 3 is 2.69 bits per heavy atom. The summed E-state index contributed by atoms with van der Waals surface area (Å²) in [5.41, 5.74) is 0.752. The summed E-state index contributed by atoms with van der Waals surface area (Å²) >= 11 is 5.67. The van der Waals surface area contributed by atoms with Gasteiger partial charge < -0.3 is 5.11 Å². The largest absolute Gasteiger partial charge is 0.392 e. The third-order valence-electron chi connectivity index (χ3n) is 3.50. The molecular weight excluding hydrogens is 227 g/mol. The first-order valence-electron chi connectivity index (χ1n) is 5.52. The Hall–Kier alpha value is -0.600. The Balaban J connectivity index is 2.04. The average Bonchev–Trinajstić information content (AvgIpc) is 2.80. The Morgan fingerprint density at radius 1 is 1.56 bits per heavy atom. The van der Waals surface area contributed by atoms with Gasteiger partial charge in [0.2, 0.25) is 0 Å². The number of rotatable bonds is 3. The molecular formula is C13H16ClFO. The fourth-order valence-corrected chi connectivity index (χ4v) is 2.38. The van der Waals surface area contributed by atoms with Gasteiger partial charge in [0.15, 0.2) is 0 Å². The molecule has 16 heavy (non-hydrogen) atoms. The molecule has 0 heterocycles. The second-order valence-electron chi connectivity index (χ2n) is 5.31. The molecule has 1 N–H and O–H groups in total. The lowest BCUT2D eigenvalue weighted by Crippen LogP contribution is -2.17. The Bertz CT molecular complexity index is 403. The molecule has 0 bridgehead atoms. The number of aliphatic hydroxyl groups is 1. The van der Waals surface area contributed by atoms with E-state index in [-0.39, 0.29) is 11.2 Å². The molecule has 2 rings (SSSR count). The van der Waals surface area contributed by atoms with Gasteiger partial charge in [-0.1, -0.05) is 31.5 Å². The molecule has 0 saturated heterocycles. The van der Waals surface area contributed by atoms with Crippen molar-refractivity contribution in [3.8, 4) is 0 Å². The molecule has 1 saturated carbocycles. The lowest BCUT2D eigenvalue weighted by molar-refractivity contribution is 0.136. The maximum absolute atomic E-state index is 13.5. The van der Waals surface area contributed by atoms with Crippen molar-refractivity contribution in [3.05, 3.63) is 34.6 Å². The third-order valence-corrected chi connectivity index (χ3v) is 3.73. The molecule has 0 amide bonds. The third kappa shape index (κ3) is 2.38. The number of halogens is 2. The van der Waals surface area contributed by atoms with Gasteiger partial charge in [0.1, 0.15) is 5.82 Å². The highest BCUT2D eigenvalue weighted by Gasteiger charge is 2.49. The first kappa shape index (κ1) is 11.9. The van der Waals surface area contributed by atoms with E-state index >= 15 is 0 Å². The van der Waals surface area contributed by atoms with E-state index in [1.165, 1.54) is 6.07 Å². The molecule has 88 valence electrons. The van der Waals surface area contributed by atoms with Crippen molar-refractivity contribution in [2.24, 2.45) is 11.3 Å². The number of benzene rings is 1. The van der Waals surface area contributed by atoms with Crippen LogP contribution in [0.1, 0.15) is 25.8 Å². The van der Waals surface area contributed by atoms with E-state index in [1.54, 1.807) is 12.1 Å². The monoisotopic (exact) mass is 242 g/mol. The minimum atomic E-state index is -0.453. The van der Waals surface area contributed by atoms with Crippen molar-refractivity contribution >= 4 is 11.6 Å². The smallest absolute Gasteiger partial charge is 0.127 e. The number of aliphatic hydroxyl groups excluding tert-OH is 1. The Labute approximate surface area is 100 Å². The summed E-state index contributed by atoms with van der Waals surface area (Å²) in [6.07, 6.45) is 0.936. The summed E-state index contributed by atoms with van der Waals surface area (Å²) in [7, 11) is 0. The Kier molecular flexibility index (Phi) is 2.97. The van der Waals surface area contributed by atoms with Crippen LogP contribution < -0.4 is 0 Å². The van der Waals surface area contributed by atoms with Gasteiger partial charge >= 0.3 is 0 Å². The van der Waals surface area contributed by atoms with Gasteiger partial charge in [0.05, 0.1) is 6.10 Å². The van der Waals surface area contributed by atoms with Crippen molar-refractivity contribution in [1.82, 2.24) is 0 Å². The SMILES string of the molecule is CC1(C)CC1C(O)Cc1ccc(Cl)cc1F. The van der Waals surface area contributed by atoms with Gasteiger partial charge in [-0.3, -0.25) is 0 Å². The fraction of sp³-hybridized carbons (Fsp3) is 0.538. The normalized spacial score (nSPS) is 24.2. The van der Waals surface area contributed by atoms with Crippen LogP contribution in [0, 0.1) is 17.2 Å². The second-order valence-corrected chi connectivity index (χ2v) is 5.74. The van der Waals surface area contributed by atoms with Gasteiger partial charge in [-0.15, -0.1) is 0 Å². The molecule has 1 aromatic carbocycles. The Morgan fingerprint density at radius 2 is 2.19 bits per heavy atom. The molecule has 1 aliphatic rings. The van der Waals surface area contributed by atoms with Crippen molar-refractivity contribution in [1.29, 1.82) is 0 Å². The van der Waals surface area contributed by atoms with Crippen LogP contribution in [0.5, 0.6) is 0 Å². The zero-order valence-corrected chi connectivity index (χ0v) is 10.3. The molecule has 0 radical (unpaired) electrons. The van der Waals surface area contributed by atoms with Gasteiger partial charge in [-0.25, -0.2) is 4.39 Å². The van der Waals surface area contributed by atoms with E-state index in [1.807, 2.05) is 0 Å². The van der Waals surface area contributed by atoms with Crippen LogP contribution in [0.3, 0.4) is 0 Å². The second kappa shape index (κ2) is 4.01. The van der Waals surface area contributed by atoms with Crippen molar-refractivity contribution < 1.29 is 9.50 Å². The van der Waals surface area contributed by atoms with Gasteiger partial charge in [0.25, 0.3) is 0 Å². The summed E-state index contributed by atoms with van der Waals surface area (Å²) in [5, 5.41) is 10.4. The summed E-state index contributed by atoms with van der Waals surface area (Å²) in [5.74, 6) is -0.0346. The van der Waals surface area contributed by atoms with Gasteiger partial charge in [-0.2, -0.15) is 0 Å². The molecule has 1 aromatic rings. The maximum Gasteiger partial charge on any atom is 0.127 e. The fourth-order valence-electron chi connectivity index (χ4n) is 2.22. The molecule has 2 atom stereocenters. The lowest BCUT2D eigenvalue weighted by Gasteiger charge is -2.13. The lowest BCUT2D eigenvalue weighted by atomic mass is 9.99. The zero-order chi connectivity index (χ0) is 11.9. The molecule has 1 fully saturated rings. The minimum Gasteiger partial charge on any atom is -0.392 e. The molecule has 3 heteroatoms. The molecule has 0 aliphatic heterocycles. The summed E-state index contributed by atoms with van der Waals surface area (Å²) in [4.78, 5) is 0. The summed E-state index contributed by atoms with van der Waals surface area (Å²) in [6.45, 7) is 4.25. The first-order valence-corrected chi connectivity index (χ1v) is 5.90. The van der Waals surface area contributed by atoms with E-state index in [0.717, 1.165) is 6.42 Å². The molecule has 1 nitrogen and oxygen atoms in total. The zero-order valence-electron chi connectivity index (χ0n) is 9.50. The van der Waals surface area contributed by atoms with Crippen molar-refractivity contribution in [2.75, 3.05) is 0 Å². The molecule has 2 unspecified atom stereocenters. The number of hydrogen-bond acceptors (Lipinski definition) is 1. The molecule has 1 aliphatic carbocycles. The van der Waals surface area contributed by atoms with Crippen LogP contribution in [0.15, 0.2) is 18.2 Å². The van der Waals surface area contributed by atoms with Crippen LogP contribution in [-0.4, -0.2) is 11.2 Å². The standard InChI is InChI=1S/C13H16ClFO/c1-13(2)7-10(13)12(16)5-8-3-4-9(14)6-11(8)15/h3-4,6,10,12,16H,5,7H2,1-2H3. The molecule has 0 spiro atoms. The summed E-state index contributed by atoms with van der Waals surface area (Å²) < 4.78 is 13.5. The van der Waals surface area contributed by atoms with Crippen LogP contribution >= 0.6 is 11.6 Å². The van der Waals surface area contributed by atoms with E-state index in [2.05, 4.69) is 13.8 Å². The topological polar surface area (TPSA) is 20.2 Å². The van der Waals surface area contributed by atoms with E-state index < -0.39 is 6.10 Å². The van der Waals surface area contributed by atoms with E-state index in [4.69, 9.17) is 11.6 Å². The highest BCUT2D eigenvalue weighted by Crippen LogP contribution is 2.54. The highest BCUT2D eigenvalue weighted by molar-refractivity contribution is 6.30. The van der Waals surface area contributed by atoms with Crippen LogP contribution in [-0.2, 0) is 6.42 Å². The first-order chi connectivity index (χ1) is 7.40. The van der Waals surface area contributed by atoms with Gasteiger partial charge in [0, 0.05) is 11.4 Å². The quantitative estimate of drug-likeness (QED) is 0.861. The molecule has 0 aromatic heterocycles. The predicted molar refractivity (Wildman–Crippen MR) is 63.0 cm³/mol. The van der Waals surface area contributed by atoms with Crippen molar-refractivity contribution in [3.63, 3.8) is 0 Å². The highest BCUT2D eigenvalue weighted by atomic mass is 35.5. The van der Waals surface area contributed by atoms with Crippen molar-refractivity contribution in [2.45, 2.75) is 32.8 Å².